The minimum atomic E-state index is -0.519. The number of hydrogen-bond acceptors (Lipinski definition) is 5. The summed E-state index contributed by atoms with van der Waals surface area (Å²) in [5.74, 6) is -0.221. The molecule has 1 radical (unpaired) electrons. The largest absolute Gasteiger partial charge is 0.466 e. The molecule has 0 aromatic heterocycles. The number of carbonyl (C=O) groups excluding carboxylic acids is 2. The second-order valence-corrected chi connectivity index (χ2v) is 8.62. The maximum absolute atomic E-state index is 14.3. The summed E-state index contributed by atoms with van der Waals surface area (Å²) in [6, 6.07) is 19.2. The lowest BCUT2D eigenvalue weighted by Crippen LogP contribution is -2.32. The van der Waals surface area contributed by atoms with Crippen LogP contribution >= 0.6 is 0 Å². The van der Waals surface area contributed by atoms with Crippen LogP contribution in [0.1, 0.15) is 36.6 Å². The van der Waals surface area contributed by atoms with Gasteiger partial charge in [0.25, 0.3) is 0 Å². The van der Waals surface area contributed by atoms with Crippen LogP contribution in [0.15, 0.2) is 66.7 Å². The molecule has 6 nitrogen and oxygen atoms in total. The highest BCUT2D eigenvalue weighted by Crippen LogP contribution is 2.35. The summed E-state index contributed by atoms with van der Waals surface area (Å²) in [7, 11) is 1.95. The molecule has 36 heavy (non-hydrogen) atoms. The second-order valence-electron chi connectivity index (χ2n) is 8.62. The highest BCUT2D eigenvalue weighted by atomic mass is 19.1. The van der Waals surface area contributed by atoms with E-state index in [2.05, 4.69) is 0 Å². The first-order valence-electron chi connectivity index (χ1n) is 12.0. The number of amides is 1. The van der Waals surface area contributed by atoms with Gasteiger partial charge in [0.2, 0.25) is 0 Å². The van der Waals surface area contributed by atoms with E-state index in [0.717, 1.165) is 16.6 Å². The Labute approximate surface area is 211 Å². The quantitative estimate of drug-likeness (QED) is 0.307. The van der Waals surface area contributed by atoms with E-state index in [1.807, 2.05) is 63.5 Å². The van der Waals surface area contributed by atoms with Gasteiger partial charge in [0.1, 0.15) is 30.7 Å². The molecule has 3 aromatic rings. The molecule has 0 aliphatic carbocycles. The van der Waals surface area contributed by atoms with E-state index in [1.165, 1.54) is 12.1 Å². The molecule has 185 valence electrons. The Morgan fingerprint density at radius 1 is 1.11 bits per heavy atom. The summed E-state index contributed by atoms with van der Waals surface area (Å²) in [6.45, 7) is 6.10. The molecular weight excluding hydrogens is 460 g/mol. The Balaban J connectivity index is 1.58. The third kappa shape index (κ3) is 5.87. The Morgan fingerprint density at radius 2 is 1.89 bits per heavy atom. The molecule has 1 aliphatic rings. The molecule has 1 saturated heterocycles. The van der Waals surface area contributed by atoms with Crippen molar-refractivity contribution in [2.24, 2.45) is 0 Å². The molecule has 0 unspecified atom stereocenters. The maximum Gasteiger partial charge on any atom is 0.411 e. The fourth-order valence-electron chi connectivity index (χ4n) is 4.28. The fraction of sp³-hybridized carbons (Fsp3) is 0.286. The van der Waals surface area contributed by atoms with Crippen LogP contribution < -0.4 is 10.2 Å². The summed E-state index contributed by atoms with van der Waals surface area (Å²) in [5.41, 5.74) is 3.09. The second kappa shape index (κ2) is 11.3. The van der Waals surface area contributed by atoms with Gasteiger partial charge < -0.3 is 14.2 Å². The highest BCUT2D eigenvalue weighted by Gasteiger charge is 2.39. The normalized spacial score (nSPS) is 17.0. The zero-order valence-electron chi connectivity index (χ0n) is 20.6. The van der Waals surface area contributed by atoms with Gasteiger partial charge in [-0.2, -0.15) is 0 Å². The lowest BCUT2D eigenvalue weighted by molar-refractivity contribution is -0.142. The average Bonchev–Trinajstić information content (AvgIpc) is 3.13. The van der Waals surface area contributed by atoms with Gasteiger partial charge in [-0.25, -0.2) is 9.18 Å². The third-order valence-corrected chi connectivity index (χ3v) is 6.09. The molecule has 3 aromatic carbocycles. The molecule has 8 heteroatoms. The van der Waals surface area contributed by atoms with Gasteiger partial charge >= 0.3 is 12.1 Å². The van der Waals surface area contributed by atoms with E-state index in [1.54, 1.807) is 24.0 Å². The van der Waals surface area contributed by atoms with Gasteiger partial charge in [-0.05, 0) is 43.2 Å². The molecule has 1 amide bonds. The summed E-state index contributed by atoms with van der Waals surface area (Å²) in [6.07, 6.45) is -0.843. The average molecular weight is 488 g/mol. The van der Waals surface area contributed by atoms with Gasteiger partial charge in [0.15, 0.2) is 0 Å². The van der Waals surface area contributed by atoms with E-state index in [9.17, 15) is 14.0 Å². The van der Waals surface area contributed by atoms with Crippen LogP contribution in [0.5, 0.6) is 11.5 Å². The molecule has 1 heterocycles. The topological polar surface area (TPSA) is 65.1 Å². The lowest BCUT2D eigenvalue weighted by atomic mass is 9.73. The van der Waals surface area contributed by atoms with Gasteiger partial charge in [-0.3, -0.25) is 9.69 Å². The molecule has 1 fully saturated rings. The molecule has 2 atom stereocenters. The minimum Gasteiger partial charge on any atom is -0.466 e. The standard InChI is InChI=1S/C28H28BFNO5/c1-4-34-26(32)14-19-12-23(30)16-24(13-19)35-25-11-10-22(29-3)15-21(25)17-31-18(2)27(36-28(31)33)20-8-6-5-7-9-20/h5-13,15-16,18,27H,4,14,17H2,1-3H3/t18-,27-/m1/s1. The summed E-state index contributed by atoms with van der Waals surface area (Å²) < 4.78 is 31.1. The number of rotatable bonds is 9. The predicted molar refractivity (Wildman–Crippen MR) is 135 cm³/mol. The van der Waals surface area contributed by atoms with Crippen molar-refractivity contribution in [3.8, 4) is 11.5 Å². The van der Waals surface area contributed by atoms with E-state index in [-0.39, 0.29) is 37.5 Å². The van der Waals surface area contributed by atoms with E-state index >= 15 is 0 Å². The first kappa shape index (κ1) is 25.3. The summed E-state index contributed by atoms with van der Waals surface area (Å²) >= 11 is 0. The number of halogens is 1. The molecule has 0 bridgehead atoms. The van der Waals surface area contributed by atoms with Crippen LogP contribution in [0.25, 0.3) is 0 Å². The number of hydrogen-bond donors (Lipinski definition) is 0. The van der Waals surface area contributed by atoms with Gasteiger partial charge in [-0.1, -0.05) is 54.8 Å². The SMILES string of the molecule is C[B]c1ccc(Oc2cc(F)cc(CC(=O)OCC)c2)c(CN2C(=O)O[C@@H](c3ccccc3)[C@H]2C)c1. The number of benzene rings is 3. The van der Waals surface area contributed by atoms with Crippen molar-refractivity contribution in [1.29, 1.82) is 0 Å². The minimum absolute atomic E-state index is 0.0590. The zero-order valence-corrected chi connectivity index (χ0v) is 20.6. The smallest absolute Gasteiger partial charge is 0.411 e. The molecule has 4 rings (SSSR count). The predicted octanol–water partition coefficient (Wildman–Crippen LogP) is 5.18. The number of nitrogens with zero attached hydrogens (tertiary/aromatic N) is 1. The molecule has 0 N–H and O–H groups in total. The van der Waals surface area contributed by atoms with Crippen molar-refractivity contribution >= 4 is 24.8 Å². The van der Waals surface area contributed by atoms with Gasteiger partial charge in [0.05, 0.1) is 25.6 Å². The van der Waals surface area contributed by atoms with Crippen molar-refractivity contribution in [1.82, 2.24) is 4.90 Å². The van der Waals surface area contributed by atoms with Crippen molar-refractivity contribution in [3.63, 3.8) is 0 Å². The van der Waals surface area contributed by atoms with Gasteiger partial charge in [-0.15, -0.1) is 0 Å². The monoisotopic (exact) mass is 488 g/mol. The van der Waals surface area contributed by atoms with Crippen LogP contribution in [0.3, 0.4) is 0 Å². The van der Waals surface area contributed by atoms with Crippen LogP contribution in [0.4, 0.5) is 9.18 Å². The van der Waals surface area contributed by atoms with Crippen molar-refractivity contribution < 1.29 is 28.2 Å². The van der Waals surface area contributed by atoms with Crippen LogP contribution in [-0.4, -0.2) is 36.9 Å². The number of cyclic esters (lactones) is 1. The zero-order chi connectivity index (χ0) is 25.7. The van der Waals surface area contributed by atoms with Crippen molar-refractivity contribution in [2.45, 2.75) is 45.8 Å². The maximum atomic E-state index is 14.3. The third-order valence-electron chi connectivity index (χ3n) is 6.09. The number of esters is 1. The first-order valence-corrected chi connectivity index (χ1v) is 12.0. The summed E-state index contributed by atoms with van der Waals surface area (Å²) in [5, 5.41) is 0. The van der Waals surface area contributed by atoms with Crippen LogP contribution in [-0.2, 0) is 27.2 Å². The van der Waals surface area contributed by atoms with Crippen molar-refractivity contribution in [3.05, 3.63) is 89.2 Å². The molecule has 1 aliphatic heterocycles. The van der Waals surface area contributed by atoms with Crippen LogP contribution in [0.2, 0.25) is 6.82 Å². The number of carbonyl (C=O) groups is 2. The van der Waals surface area contributed by atoms with E-state index in [0.29, 0.717) is 11.3 Å². The molecular formula is C28H28BFNO5. The van der Waals surface area contributed by atoms with Gasteiger partial charge in [0, 0.05) is 11.6 Å². The molecule has 0 spiro atoms. The Morgan fingerprint density at radius 3 is 2.61 bits per heavy atom. The first-order chi connectivity index (χ1) is 17.4. The fourth-order valence-corrected chi connectivity index (χ4v) is 4.28. The Bertz CT molecular complexity index is 1240. The van der Waals surface area contributed by atoms with E-state index < -0.39 is 17.9 Å². The summed E-state index contributed by atoms with van der Waals surface area (Å²) in [4.78, 5) is 26.3. The highest BCUT2D eigenvalue weighted by molar-refractivity contribution is 6.51. The number of ether oxygens (including phenoxy) is 3. The Hall–Kier alpha value is -3.81. The molecule has 0 saturated carbocycles. The lowest BCUT2D eigenvalue weighted by Gasteiger charge is -2.23. The van der Waals surface area contributed by atoms with Crippen LogP contribution in [0, 0.1) is 5.82 Å². The van der Waals surface area contributed by atoms with E-state index in [4.69, 9.17) is 14.2 Å². The Kier molecular flexibility index (Phi) is 7.93. The van der Waals surface area contributed by atoms with Crippen molar-refractivity contribution in [2.75, 3.05) is 6.61 Å².